The molecule has 10 nitrogen and oxygen atoms in total. The minimum Gasteiger partial charge on any atom is -0.460 e. The van der Waals surface area contributed by atoms with Crippen LogP contribution in [0.5, 0.6) is 0 Å². The fraction of sp³-hybridized carbons (Fsp3) is 0.455. The highest BCUT2D eigenvalue weighted by Gasteiger charge is 2.56. The van der Waals surface area contributed by atoms with Crippen LogP contribution in [0, 0.1) is 5.92 Å². The van der Waals surface area contributed by atoms with Gasteiger partial charge in [0.1, 0.15) is 5.60 Å². The molecule has 0 bridgehead atoms. The van der Waals surface area contributed by atoms with Crippen molar-refractivity contribution < 1.29 is 54.4 Å². The second kappa shape index (κ2) is 9.56. The Morgan fingerprint density at radius 1 is 1.06 bits per heavy atom. The Kier molecular flexibility index (Phi) is 7.22. The molecule has 0 aliphatic carbocycles. The molecule has 1 unspecified atom stereocenters. The molecule has 0 aromatic heterocycles. The molecule has 0 radical (unpaired) electrons. The maximum atomic E-state index is 12.9. The van der Waals surface area contributed by atoms with E-state index in [1.54, 1.807) is 26.8 Å². The van der Waals surface area contributed by atoms with Crippen LogP contribution in [0.4, 0.5) is 13.2 Å². The number of alkyl halides is 3. The highest BCUT2D eigenvalue weighted by atomic mass is 32.2. The Hall–Kier alpha value is -3.42. The van der Waals surface area contributed by atoms with Crippen LogP contribution in [0.25, 0.3) is 0 Å². The first-order valence-corrected chi connectivity index (χ1v) is 12.0. The molecular formula is C22H22F3NO9S. The van der Waals surface area contributed by atoms with Crippen LogP contribution in [0.3, 0.4) is 0 Å². The van der Waals surface area contributed by atoms with Crippen molar-refractivity contribution in [3.05, 3.63) is 47.4 Å². The molecule has 1 aromatic carbocycles. The number of ether oxygens (including phenoxy) is 2. The fourth-order valence-electron chi connectivity index (χ4n) is 3.77. The number of hydrogen-bond donors (Lipinski definition) is 0. The van der Waals surface area contributed by atoms with Crippen molar-refractivity contribution in [3.8, 4) is 0 Å². The third kappa shape index (κ3) is 5.69. The third-order valence-corrected chi connectivity index (χ3v) is 6.20. The van der Waals surface area contributed by atoms with E-state index < -0.39 is 74.9 Å². The second-order valence-corrected chi connectivity index (χ2v) is 10.5. The molecule has 2 aliphatic heterocycles. The van der Waals surface area contributed by atoms with Gasteiger partial charge in [0.15, 0.2) is 11.5 Å². The number of hydrogen-bond acceptors (Lipinski definition) is 9. The summed E-state index contributed by atoms with van der Waals surface area (Å²) in [5, 5.41) is 0. The lowest BCUT2D eigenvalue weighted by Crippen LogP contribution is -2.63. The molecule has 36 heavy (non-hydrogen) atoms. The standard InChI is InChI=1S/C22H22F3NO9S/c1-21(2,3)34-16(27)11-13-14-9-10-15(35-36(31,32)22(23,24)25)17(26(14)18(13)28)20(30)33-19(29)12-7-5-4-6-8-12/h4-8,13-14H,9-11H2,1-3H3/t13-,14?/m0/s1. The zero-order chi connectivity index (χ0) is 27.1. The molecule has 0 N–H and O–H groups in total. The second-order valence-electron chi connectivity index (χ2n) is 9.01. The Labute approximate surface area is 204 Å². The maximum absolute atomic E-state index is 12.9. The quantitative estimate of drug-likeness (QED) is 0.178. The molecule has 2 heterocycles. The van der Waals surface area contributed by atoms with Crippen molar-refractivity contribution in [1.29, 1.82) is 0 Å². The first-order valence-electron chi connectivity index (χ1n) is 10.6. The van der Waals surface area contributed by atoms with Crippen LogP contribution < -0.4 is 0 Å². The molecular weight excluding hydrogens is 511 g/mol. The molecule has 1 amide bonds. The maximum Gasteiger partial charge on any atom is 0.534 e. The van der Waals surface area contributed by atoms with Crippen LogP contribution in [0.2, 0.25) is 0 Å². The van der Waals surface area contributed by atoms with E-state index in [-0.39, 0.29) is 18.4 Å². The number of amides is 1. The van der Waals surface area contributed by atoms with Gasteiger partial charge < -0.3 is 13.7 Å². The molecule has 196 valence electrons. The highest BCUT2D eigenvalue weighted by molar-refractivity contribution is 7.87. The molecule has 0 spiro atoms. The van der Waals surface area contributed by atoms with E-state index in [4.69, 9.17) is 9.47 Å². The van der Waals surface area contributed by atoms with E-state index in [1.165, 1.54) is 24.3 Å². The summed E-state index contributed by atoms with van der Waals surface area (Å²) < 4.78 is 76.0. The van der Waals surface area contributed by atoms with E-state index in [2.05, 4.69) is 4.18 Å². The van der Waals surface area contributed by atoms with Gasteiger partial charge in [-0.25, -0.2) is 9.59 Å². The fourth-order valence-corrected chi connectivity index (χ4v) is 4.29. The Morgan fingerprint density at radius 2 is 1.67 bits per heavy atom. The van der Waals surface area contributed by atoms with Gasteiger partial charge >= 0.3 is 33.5 Å². The molecule has 14 heteroatoms. The first-order chi connectivity index (χ1) is 16.5. The summed E-state index contributed by atoms with van der Waals surface area (Å²) in [6, 6.07) is 6.23. The van der Waals surface area contributed by atoms with E-state index >= 15 is 0 Å². The van der Waals surface area contributed by atoms with E-state index in [9.17, 15) is 40.8 Å². The third-order valence-electron chi connectivity index (χ3n) is 5.21. The predicted octanol–water partition coefficient (Wildman–Crippen LogP) is 2.80. The first kappa shape index (κ1) is 27.2. The largest absolute Gasteiger partial charge is 0.534 e. The number of halogens is 3. The Bertz CT molecular complexity index is 1220. The molecule has 0 saturated carbocycles. The number of esters is 3. The minimum absolute atomic E-state index is 0.0815. The van der Waals surface area contributed by atoms with Gasteiger partial charge in [-0.1, -0.05) is 18.2 Å². The van der Waals surface area contributed by atoms with Crippen molar-refractivity contribution in [3.63, 3.8) is 0 Å². The van der Waals surface area contributed by atoms with Crippen molar-refractivity contribution in [2.45, 2.75) is 57.2 Å². The van der Waals surface area contributed by atoms with E-state index in [0.717, 1.165) is 0 Å². The van der Waals surface area contributed by atoms with Crippen molar-refractivity contribution in [2.75, 3.05) is 0 Å². The van der Waals surface area contributed by atoms with E-state index in [1.807, 2.05) is 0 Å². The minimum atomic E-state index is -6.19. The average Bonchev–Trinajstić information content (AvgIpc) is 2.75. The summed E-state index contributed by atoms with van der Waals surface area (Å²) in [5.41, 5.74) is -7.68. The Morgan fingerprint density at radius 3 is 2.22 bits per heavy atom. The van der Waals surface area contributed by atoms with Gasteiger partial charge in [0, 0.05) is 12.5 Å². The SMILES string of the molecule is CC(C)(C)OC(=O)C[C@@H]1C(=O)N2C(C(=O)OC(=O)c3ccccc3)=C(OS(=O)(=O)C(F)(F)F)CCC12. The Balaban J connectivity index is 1.91. The van der Waals surface area contributed by atoms with Crippen molar-refractivity contribution in [1.82, 2.24) is 4.90 Å². The van der Waals surface area contributed by atoms with Crippen LogP contribution >= 0.6 is 0 Å². The number of carbonyl (C=O) groups excluding carboxylic acids is 4. The van der Waals surface area contributed by atoms with Crippen molar-refractivity contribution in [2.24, 2.45) is 5.92 Å². The highest BCUT2D eigenvalue weighted by Crippen LogP contribution is 2.43. The van der Waals surface area contributed by atoms with Gasteiger partial charge in [-0.15, -0.1) is 0 Å². The lowest BCUT2D eigenvalue weighted by Gasteiger charge is -2.49. The zero-order valence-corrected chi connectivity index (χ0v) is 20.1. The molecule has 1 fully saturated rings. The number of rotatable bonds is 6. The van der Waals surface area contributed by atoms with E-state index in [0.29, 0.717) is 4.90 Å². The number of nitrogens with zero attached hydrogens (tertiary/aromatic N) is 1. The smallest absolute Gasteiger partial charge is 0.460 e. The van der Waals surface area contributed by atoms with Gasteiger partial charge in [-0.3, -0.25) is 14.5 Å². The van der Waals surface area contributed by atoms with Crippen LogP contribution in [-0.4, -0.2) is 54.3 Å². The number of fused-ring (bicyclic) bond motifs is 1. The normalized spacial score (nSPS) is 20.3. The number of benzene rings is 1. The van der Waals surface area contributed by atoms with Gasteiger partial charge in [-0.05, 0) is 39.3 Å². The summed E-state index contributed by atoms with van der Waals surface area (Å²) in [4.78, 5) is 50.9. The summed E-state index contributed by atoms with van der Waals surface area (Å²) in [6.07, 6.45) is -1.01. The molecule has 2 aliphatic rings. The monoisotopic (exact) mass is 533 g/mol. The average molecular weight is 533 g/mol. The summed E-state index contributed by atoms with van der Waals surface area (Å²) in [6.45, 7) is 4.85. The zero-order valence-electron chi connectivity index (χ0n) is 19.3. The van der Waals surface area contributed by atoms with Gasteiger partial charge in [0.2, 0.25) is 5.91 Å². The van der Waals surface area contributed by atoms with Crippen molar-refractivity contribution >= 4 is 33.9 Å². The van der Waals surface area contributed by atoms with Crippen LogP contribution in [-0.2, 0) is 38.2 Å². The van der Waals surface area contributed by atoms with Gasteiger partial charge in [0.25, 0.3) is 0 Å². The van der Waals surface area contributed by atoms with Crippen LogP contribution in [0.15, 0.2) is 41.8 Å². The molecule has 3 rings (SSSR count). The lowest BCUT2D eigenvalue weighted by atomic mass is 9.78. The van der Waals surface area contributed by atoms with Crippen LogP contribution in [0.1, 0.15) is 50.4 Å². The predicted molar refractivity (Wildman–Crippen MR) is 114 cm³/mol. The molecule has 2 atom stereocenters. The number of carbonyl (C=O) groups is 4. The summed E-state index contributed by atoms with van der Waals surface area (Å²) in [7, 11) is -6.19. The number of allylic oxidation sites excluding steroid dienone is 1. The summed E-state index contributed by atoms with van der Waals surface area (Å²) in [5.74, 6) is -6.33. The number of β-lactam (4-membered cyclic amide) rings is 1. The van der Waals surface area contributed by atoms with Gasteiger partial charge in [-0.2, -0.15) is 21.6 Å². The summed E-state index contributed by atoms with van der Waals surface area (Å²) >= 11 is 0. The molecule has 1 aromatic rings. The lowest BCUT2D eigenvalue weighted by molar-refractivity contribution is -0.169. The topological polar surface area (TPSA) is 133 Å². The van der Waals surface area contributed by atoms with Gasteiger partial charge in [0.05, 0.1) is 17.9 Å². The molecule has 1 saturated heterocycles.